The fraction of sp³-hybridized carbons (Fsp3) is 0.500. The van der Waals surface area contributed by atoms with Crippen LogP contribution in [0.2, 0.25) is 0 Å². The Balaban J connectivity index is 2.03. The van der Waals surface area contributed by atoms with Gasteiger partial charge in [-0.1, -0.05) is 19.1 Å². The Morgan fingerprint density at radius 2 is 1.73 bits per heavy atom. The van der Waals surface area contributed by atoms with Crippen LogP contribution in [0.1, 0.15) is 18.8 Å². The fourth-order valence-electron chi connectivity index (χ4n) is 1.55. The predicted molar refractivity (Wildman–Crippen MR) is 56.8 cm³/mol. The molecule has 0 atom stereocenters. The monoisotopic (exact) mass is 208 g/mol. The van der Waals surface area contributed by atoms with Gasteiger partial charge in [0.05, 0.1) is 20.3 Å². The van der Waals surface area contributed by atoms with E-state index in [4.69, 9.17) is 14.2 Å². The largest absolute Gasteiger partial charge is 0.497 e. The lowest BCUT2D eigenvalue weighted by molar-refractivity contribution is -0.202. The van der Waals surface area contributed by atoms with Gasteiger partial charge in [-0.25, -0.2) is 0 Å². The van der Waals surface area contributed by atoms with Crippen LogP contribution in [0.5, 0.6) is 5.75 Å². The van der Waals surface area contributed by atoms with Crippen LogP contribution in [0.25, 0.3) is 0 Å². The maximum absolute atomic E-state index is 5.59. The zero-order chi connectivity index (χ0) is 10.7. The summed E-state index contributed by atoms with van der Waals surface area (Å²) >= 11 is 0. The smallest absolute Gasteiger partial charge is 0.183 e. The van der Waals surface area contributed by atoms with E-state index in [9.17, 15) is 0 Å². The van der Waals surface area contributed by atoms with Crippen molar-refractivity contribution in [2.45, 2.75) is 13.2 Å². The molecule has 0 radical (unpaired) electrons. The molecule has 15 heavy (non-hydrogen) atoms. The molecule has 1 aromatic rings. The lowest BCUT2D eigenvalue weighted by Gasteiger charge is -2.27. The topological polar surface area (TPSA) is 27.7 Å². The molecule has 1 saturated heterocycles. The lowest BCUT2D eigenvalue weighted by Crippen LogP contribution is -2.24. The summed E-state index contributed by atoms with van der Waals surface area (Å²) in [5.74, 6) is 1.34. The molecule has 3 heteroatoms. The van der Waals surface area contributed by atoms with E-state index in [1.54, 1.807) is 7.11 Å². The second kappa shape index (κ2) is 4.64. The van der Waals surface area contributed by atoms with Crippen molar-refractivity contribution in [1.29, 1.82) is 0 Å². The standard InChI is InChI=1S/C12H16O3/c1-9-7-14-12(15-8-9)10-3-5-11(13-2)6-4-10/h3-6,9,12H,7-8H2,1-2H3. The van der Waals surface area contributed by atoms with Crippen LogP contribution >= 0.6 is 0 Å². The summed E-state index contributed by atoms with van der Waals surface area (Å²) in [5.41, 5.74) is 1.04. The molecule has 3 nitrogen and oxygen atoms in total. The molecule has 0 amide bonds. The molecule has 1 aliphatic heterocycles. The molecule has 0 N–H and O–H groups in total. The zero-order valence-corrected chi connectivity index (χ0v) is 9.10. The molecule has 0 unspecified atom stereocenters. The number of hydrogen-bond donors (Lipinski definition) is 0. The predicted octanol–water partition coefficient (Wildman–Crippen LogP) is 2.38. The first-order chi connectivity index (χ1) is 7.29. The van der Waals surface area contributed by atoms with E-state index >= 15 is 0 Å². The third-order valence-corrected chi connectivity index (χ3v) is 2.45. The molecule has 1 fully saturated rings. The first-order valence-electron chi connectivity index (χ1n) is 5.17. The summed E-state index contributed by atoms with van der Waals surface area (Å²) < 4.78 is 16.3. The second-order valence-electron chi connectivity index (χ2n) is 3.88. The summed E-state index contributed by atoms with van der Waals surface area (Å²) in [5, 5.41) is 0. The van der Waals surface area contributed by atoms with Crippen molar-refractivity contribution in [2.24, 2.45) is 5.92 Å². The second-order valence-corrected chi connectivity index (χ2v) is 3.88. The van der Waals surface area contributed by atoms with Crippen molar-refractivity contribution >= 4 is 0 Å². The maximum atomic E-state index is 5.59. The van der Waals surface area contributed by atoms with Crippen LogP contribution in [-0.2, 0) is 9.47 Å². The Bertz CT molecular complexity index is 299. The van der Waals surface area contributed by atoms with E-state index in [0.717, 1.165) is 24.5 Å². The van der Waals surface area contributed by atoms with Gasteiger partial charge in [0.15, 0.2) is 6.29 Å². The molecule has 0 aliphatic carbocycles. The summed E-state index contributed by atoms with van der Waals surface area (Å²) in [6, 6.07) is 7.78. The number of benzene rings is 1. The number of hydrogen-bond acceptors (Lipinski definition) is 3. The van der Waals surface area contributed by atoms with Gasteiger partial charge in [-0.15, -0.1) is 0 Å². The Hall–Kier alpha value is -1.06. The number of rotatable bonds is 2. The highest BCUT2D eigenvalue weighted by Gasteiger charge is 2.20. The van der Waals surface area contributed by atoms with Gasteiger partial charge in [-0.3, -0.25) is 0 Å². The van der Waals surface area contributed by atoms with Crippen molar-refractivity contribution in [3.8, 4) is 5.75 Å². The first-order valence-corrected chi connectivity index (χ1v) is 5.17. The van der Waals surface area contributed by atoms with E-state index < -0.39 is 0 Å². The molecule has 1 aliphatic rings. The quantitative estimate of drug-likeness (QED) is 0.746. The van der Waals surface area contributed by atoms with Crippen LogP contribution in [0.3, 0.4) is 0 Å². The normalized spacial score (nSPS) is 26.3. The Morgan fingerprint density at radius 3 is 2.27 bits per heavy atom. The van der Waals surface area contributed by atoms with E-state index in [-0.39, 0.29) is 6.29 Å². The van der Waals surface area contributed by atoms with E-state index in [1.165, 1.54) is 0 Å². The van der Waals surface area contributed by atoms with Gasteiger partial charge in [0, 0.05) is 11.5 Å². The average molecular weight is 208 g/mol. The summed E-state index contributed by atoms with van der Waals surface area (Å²) in [7, 11) is 1.66. The third-order valence-electron chi connectivity index (χ3n) is 2.45. The maximum Gasteiger partial charge on any atom is 0.183 e. The van der Waals surface area contributed by atoms with Crippen LogP contribution in [0.15, 0.2) is 24.3 Å². The fourth-order valence-corrected chi connectivity index (χ4v) is 1.55. The van der Waals surface area contributed by atoms with Crippen molar-refractivity contribution in [2.75, 3.05) is 20.3 Å². The van der Waals surface area contributed by atoms with Crippen LogP contribution < -0.4 is 4.74 Å². The van der Waals surface area contributed by atoms with Gasteiger partial charge in [0.1, 0.15) is 5.75 Å². The minimum absolute atomic E-state index is 0.216. The summed E-state index contributed by atoms with van der Waals surface area (Å²) in [4.78, 5) is 0. The molecular weight excluding hydrogens is 192 g/mol. The van der Waals surface area contributed by atoms with Crippen LogP contribution in [0.4, 0.5) is 0 Å². The van der Waals surface area contributed by atoms with Crippen LogP contribution in [-0.4, -0.2) is 20.3 Å². The Morgan fingerprint density at radius 1 is 1.13 bits per heavy atom. The Labute approximate surface area is 90.0 Å². The highest BCUT2D eigenvalue weighted by molar-refractivity contribution is 5.27. The first kappa shape index (κ1) is 10.5. The Kier molecular flexibility index (Phi) is 3.23. The van der Waals surface area contributed by atoms with Gasteiger partial charge in [-0.05, 0) is 12.1 Å². The molecule has 0 aromatic heterocycles. The van der Waals surface area contributed by atoms with E-state index in [0.29, 0.717) is 5.92 Å². The van der Waals surface area contributed by atoms with Gasteiger partial charge < -0.3 is 14.2 Å². The molecule has 82 valence electrons. The summed E-state index contributed by atoms with van der Waals surface area (Å²) in [6.45, 7) is 3.64. The van der Waals surface area contributed by atoms with Gasteiger partial charge in [-0.2, -0.15) is 0 Å². The van der Waals surface area contributed by atoms with Crippen LogP contribution in [0, 0.1) is 5.92 Å². The molecule has 0 spiro atoms. The molecule has 1 aromatic carbocycles. The minimum Gasteiger partial charge on any atom is -0.497 e. The average Bonchev–Trinajstić information content (AvgIpc) is 2.30. The highest BCUT2D eigenvalue weighted by atomic mass is 16.7. The molecular formula is C12H16O3. The van der Waals surface area contributed by atoms with Crippen molar-refractivity contribution in [1.82, 2.24) is 0 Å². The third kappa shape index (κ3) is 2.49. The molecule has 1 heterocycles. The lowest BCUT2D eigenvalue weighted by atomic mass is 10.1. The molecule has 0 bridgehead atoms. The van der Waals surface area contributed by atoms with Crippen molar-refractivity contribution in [3.63, 3.8) is 0 Å². The number of methoxy groups -OCH3 is 1. The minimum atomic E-state index is -0.216. The molecule has 0 saturated carbocycles. The van der Waals surface area contributed by atoms with Gasteiger partial charge in [0.25, 0.3) is 0 Å². The van der Waals surface area contributed by atoms with Gasteiger partial charge >= 0.3 is 0 Å². The highest BCUT2D eigenvalue weighted by Crippen LogP contribution is 2.26. The number of ether oxygens (including phenoxy) is 3. The SMILES string of the molecule is COc1ccc(C2OCC(C)CO2)cc1. The molecule has 2 rings (SSSR count). The van der Waals surface area contributed by atoms with E-state index in [2.05, 4.69) is 6.92 Å². The van der Waals surface area contributed by atoms with E-state index in [1.807, 2.05) is 24.3 Å². The summed E-state index contributed by atoms with van der Waals surface area (Å²) in [6.07, 6.45) is -0.216. The van der Waals surface area contributed by atoms with Gasteiger partial charge in [0.2, 0.25) is 0 Å². The van der Waals surface area contributed by atoms with Crippen molar-refractivity contribution < 1.29 is 14.2 Å². The van der Waals surface area contributed by atoms with Crippen molar-refractivity contribution in [3.05, 3.63) is 29.8 Å². The zero-order valence-electron chi connectivity index (χ0n) is 9.10.